The molecule has 1 heterocycles. The minimum atomic E-state index is -0.335. The molecule has 0 radical (unpaired) electrons. The van der Waals surface area contributed by atoms with Gasteiger partial charge in [0.1, 0.15) is 5.82 Å². The summed E-state index contributed by atoms with van der Waals surface area (Å²) in [5, 5.41) is 0. The van der Waals surface area contributed by atoms with Gasteiger partial charge in [0, 0.05) is 18.2 Å². The number of carbonyl (C=O) groups is 1. The molecular weight excluding hydrogens is 217 g/mol. The summed E-state index contributed by atoms with van der Waals surface area (Å²) >= 11 is 0. The van der Waals surface area contributed by atoms with E-state index < -0.39 is 0 Å². The Kier molecular flexibility index (Phi) is 2.61. The molecule has 0 bridgehead atoms. The Labute approximate surface area is 100 Å². The Balaban J connectivity index is 1.81. The van der Waals surface area contributed by atoms with Crippen molar-refractivity contribution in [3.8, 4) is 0 Å². The zero-order chi connectivity index (χ0) is 11.8. The number of nitrogens with zero attached hydrogens (tertiary/aromatic N) is 1. The van der Waals surface area contributed by atoms with E-state index >= 15 is 0 Å². The minimum Gasteiger partial charge on any atom is -0.335 e. The predicted octanol–water partition coefficient (Wildman–Crippen LogP) is 2.84. The Morgan fingerprint density at radius 3 is 2.82 bits per heavy atom. The second-order valence-corrected chi connectivity index (χ2v) is 5.06. The molecule has 1 atom stereocenters. The molecule has 2 fully saturated rings. The van der Waals surface area contributed by atoms with Crippen LogP contribution in [0, 0.1) is 11.7 Å². The summed E-state index contributed by atoms with van der Waals surface area (Å²) in [5.41, 5.74) is 0.484. The van der Waals surface area contributed by atoms with E-state index in [-0.39, 0.29) is 11.7 Å². The molecule has 0 aromatic heterocycles. The summed E-state index contributed by atoms with van der Waals surface area (Å²) in [7, 11) is 0. The summed E-state index contributed by atoms with van der Waals surface area (Å²) in [5.74, 6) is 0.368. The fourth-order valence-electron chi connectivity index (χ4n) is 2.80. The van der Waals surface area contributed by atoms with Gasteiger partial charge >= 0.3 is 0 Å². The van der Waals surface area contributed by atoms with Crippen molar-refractivity contribution >= 4 is 5.91 Å². The summed E-state index contributed by atoms with van der Waals surface area (Å²) in [6.45, 7) is 0.830. The molecule has 1 aliphatic heterocycles. The maximum Gasteiger partial charge on any atom is 0.254 e. The summed E-state index contributed by atoms with van der Waals surface area (Å²) in [6, 6.07) is 6.42. The Morgan fingerprint density at radius 2 is 2.12 bits per heavy atom. The van der Waals surface area contributed by atoms with Crippen molar-refractivity contribution in [3.05, 3.63) is 35.6 Å². The van der Waals surface area contributed by atoms with E-state index in [1.165, 1.54) is 25.0 Å². The van der Waals surface area contributed by atoms with Crippen LogP contribution >= 0.6 is 0 Å². The van der Waals surface area contributed by atoms with Crippen molar-refractivity contribution in [2.24, 2.45) is 5.92 Å². The van der Waals surface area contributed by atoms with Crippen molar-refractivity contribution in [1.82, 2.24) is 4.90 Å². The highest BCUT2D eigenvalue weighted by atomic mass is 19.1. The fraction of sp³-hybridized carbons (Fsp3) is 0.500. The zero-order valence-electron chi connectivity index (χ0n) is 9.73. The molecule has 1 saturated carbocycles. The van der Waals surface area contributed by atoms with E-state index in [2.05, 4.69) is 0 Å². The second kappa shape index (κ2) is 4.13. The van der Waals surface area contributed by atoms with Gasteiger partial charge in [0.05, 0.1) is 0 Å². The van der Waals surface area contributed by atoms with Gasteiger partial charge < -0.3 is 4.90 Å². The van der Waals surface area contributed by atoms with Crippen LogP contribution < -0.4 is 0 Å². The first-order chi connectivity index (χ1) is 8.25. The summed E-state index contributed by atoms with van der Waals surface area (Å²) in [4.78, 5) is 14.3. The minimum absolute atomic E-state index is 0.00102. The lowest BCUT2D eigenvalue weighted by Gasteiger charge is -2.24. The molecular formula is C14H16FNO. The summed E-state index contributed by atoms with van der Waals surface area (Å²) in [6.07, 6.45) is 4.70. The van der Waals surface area contributed by atoms with E-state index in [4.69, 9.17) is 0 Å². The molecule has 1 unspecified atom stereocenters. The number of hydrogen-bond acceptors (Lipinski definition) is 1. The van der Waals surface area contributed by atoms with Crippen LogP contribution in [-0.4, -0.2) is 23.4 Å². The third-order valence-electron chi connectivity index (χ3n) is 3.80. The lowest BCUT2D eigenvalue weighted by Crippen LogP contribution is -2.36. The van der Waals surface area contributed by atoms with Crippen molar-refractivity contribution in [3.63, 3.8) is 0 Å². The number of rotatable bonds is 2. The average molecular weight is 233 g/mol. The molecule has 0 spiro atoms. The van der Waals surface area contributed by atoms with Gasteiger partial charge in [-0.15, -0.1) is 0 Å². The topological polar surface area (TPSA) is 20.3 Å². The van der Waals surface area contributed by atoms with Crippen LogP contribution in [0.1, 0.15) is 36.0 Å². The number of likely N-dealkylation sites (tertiary alicyclic amines) is 1. The third kappa shape index (κ3) is 2.06. The third-order valence-corrected chi connectivity index (χ3v) is 3.80. The Bertz CT molecular complexity index is 442. The smallest absolute Gasteiger partial charge is 0.254 e. The van der Waals surface area contributed by atoms with Crippen LogP contribution in [0.2, 0.25) is 0 Å². The van der Waals surface area contributed by atoms with Gasteiger partial charge in [0.15, 0.2) is 0 Å². The van der Waals surface area contributed by atoms with Crippen LogP contribution in [0.15, 0.2) is 24.3 Å². The van der Waals surface area contributed by atoms with Crippen molar-refractivity contribution in [2.45, 2.75) is 31.7 Å². The average Bonchev–Trinajstić information content (AvgIpc) is 3.06. The quantitative estimate of drug-likeness (QED) is 0.769. The molecule has 17 heavy (non-hydrogen) atoms. The Hall–Kier alpha value is -1.38. The van der Waals surface area contributed by atoms with Crippen LogP contribution in [0.4, 0.5) is 4.39 Å². The number of hydrogen-bond donors (Lipinski definition) is 0. The second-order valence-electron chi connectivity index (χ2n) is 5.06. The van der Waals surface area contributed by atoms with Crippen molar-refractivity contribution < 1.29 is 9.18 Å². The molecule has 1 aliphatic carbocycles. The lowest BCUT2D eigenvalue weighted by atomic mass is 10.1. The van der Waals surface area contributed by atoms with Gasteiger partial charge in [0.25, 0.3) is 5.91 Å². The molecule has 1 saturated heterocycles. The first kappa shape index (κ1) is 10.8. The van der Waals surface area contributed by atoms with Gasteiger partial charge in [-0.2, -0.15) is 0 Å². The van der Waals surface area contributed by atoms with Gasteiger partial charge in [-0.25, -0.2) is 4.39 Å². The molecule has 1 aromatic rings. The van der Waals surface area contributed by atoms with Gasteiger partial charge in [-0.3, -0.25) is 4.79 Å². The zero-order valence-corrected chi connectivity index (χ0v) is 9.73. The molecule has 3 heteroatoms. The van der Waals surface area contributed by atoms with Crippen molar-refractivity contribution in [1.29, 1.82) is 0 Å². The Morgan fingerprint density at radius 1 is 1.29 bits per heavy atom. The van der Waals surface area contributed by atoms with Gasteiger partial charge in [-0.1, -0.05) is 6.07 Å². The lowest BCUT2D eigenvalue weighted by molar-refractivity contribution is 0.0720. The van der Waals surface area contributed by atoms with Crippen LogP contribution in [-0.2, 0) is 0 Å². The molecule has 3 rings (SSSR count). The summed E-state index contributed by atoms with van der Waals surface area (Å²) < 4.78 is 13.1. The number of amides is 1. The van der Waals surface area contributed by atoms with Crippen molar-refractivity contribution in [2.75, 3.05) is 6.54 Å². The number of benzene rings is 1. The fourth-order valence-corrected chi connectivity index (χ4v) is 2.80. The highest BCUT2D eigenvalue weighted by Crippen LogP contribution is 2.40. The van der Waals surface area contributed by atoms with Crippen LogP contribution in [0.3, 0.4) is 0 Å². The molecule has 1 aromatic carbocycles. The first-order valence-corrected chi connectivity index (χ1v) is 6.32. The maximum atomic E-state index is 13.1. The number of halogens is 1. The molecule has 90 valence electrons. The molecule has 2 nitrogen and oxygen atoms in total. The predicted molar refractivity (Wildman–Crippen MR) is 63.2 cm³/mol. The monoisotopic (exact) mass is 233 g/mol. The SMILES string of the molecule is O=C(c1cccc(F)c1)N1CCCC1C1CC1. The maximum absolute atomic E-state index is 13.1. The van der Waals surface area contributed by atoms with Gasteiger partial charge in [-0.05, 0) is 49.8 Å². The molecule has 0 N–H and O–H groups in total. The normalized spacial score (nSPS) is 24.1. The molecule has 2 aliphatic rings. The van der Waals surface area contributed by atoms with Gasteiger partial charge in [0.2, 0.25) is 0 Å². The number of carbonyl (C=O) groups excluding carboxylic acids is 1. The van der Waals surface area contributed by atoms with E-state index in [0.717, 1.165) is 19.4 Å². The van der Waals surface area contributed by atoms with E-state index in [1.54, 1.807) is 12.1 Å². The van der Waals surface area contributed by atoms with E-state index in [9.17, 15) is 9.18 Å². The first-order valence-electron chi connectivity index (χ1n) is 6.32. The van der Waals surface area contributed by atoms with E-state index in [0.29, 0.717) is 17.5 Å². The van der Waals surface area contributed by atoms with E-state index in [1.807, 2.05) is 4.90 Å². The van der Waals surface area contributed by atoms with Crippen LogP contribution in [0.25, 0.3) is 0 Å². The largest absolute Gasteiger partial charge is 0.335 e. The molecule has 1 amide bonds. The standard InChI is InChI=1S/C14H16FNO/c15-12-4-1-3-11(9-12)14(17)16-8-2-5-13(16)10-6-7-10/h1,3-4,9-10,13H,2,5-8H2. The highest BCUT2D eigenvalue weighted by Gasteiger charge is 2.40. The highest BCUT2D eigenvalue weighted by molar-refractivity contribution is 5.94. The van der Waals surface area contributed by atoms with Crippen LogP contribution in [0.5, 0.6) is 0 Å².